The molecule has 0 aromatic carbocycles. The van der Waals surface area contributed by atoms with Gasteiger partial charge in [-0.3, -0.25) is 0 Å². The van der Waals surface area contributed by atoms with Crippen molar-refractivity contribution in [3.8, 4) is 0 Å². The van der Waals surface area contributed by atoms with Gasteiger partial charge in [-0.05, 0) is 13.0 Å². The van der Waals surface area contributed by atoms with E-state index < -0.39 is 0 Å². The summed E-state index contributed by atoms with van der Waals surface area (Å²) < 4.78 is 1.61. The standard InChI is InChI=1S/C8H10N4O/c1-6-2-4-12-8(9-6)10-7(11-12)3-5-13/h2,4,13H,3,5H2,1H3. The van der Waals surface area contributed by atoms with Crippen LogP contribution in [0, 0.1) is 6.92 Å². The molecule has 2 heterocycles. The molecule has 0 spiro atoms. The monoisotopic (exact) mass is 178 g/mol. The molecule has 0 aliphatic rings. The van der Waals surface area contributed by atoms with Crippen LogP contribution in [0.1, 0.15) is 11.5 Å². The SMILES string of the molecule is Cc1ccn2nc(CCO)nc2n1. The number of hydrogen-bond acceptors (Lipinski definition) is 4. The van der Waals surface area contributed by atoms with Crippen LogP contribution in [0.5, 0.6) is 0 Å². The van der Waals surface area contributed by atoms with Gasteiger partial charge in [0.15, 0.2) is 5.82 Å². The number of aryl methyl sites for hydroxylation is 1. The second-order valence-electron chi connectivity index (χ2n) is 2.82. The van der Waals surface area contributed by atoms with E-state index in [4.69, 9.17) is 5.11 Å². The minimum Gasteiger partial charge on any atom is -0.396 e. The zero-order chi connectivity index (χ0) is 9.26. The van der Waals surface area contributed by atoms with E-state index in [2.05, 4.69) is 15.1 Å². The molecule has 0 unspecified atom stereocenters. The van der Waals surface area contributed by atoms with Gasteiger partial charge in [0.05, 0.1) is 6.61 Å². The van der Waals surface area contributed by atoms with E-state index in [0.29, 0.717) is 18.0 Å². The summed E-state index contributed by atoms with van der Waals surface area (Å²) in [5.41, 5.74) is 0.912. The molecule has 2 rings (SSSR count). The maximum absolute atomic E-state index is 8.69. The second kappa shape index (κ2) is 3.10. The van der Waals surface area contributed by atoms with Gasteiger partial charge in [-0.15, -0.1) is 5.10 Å². The zero-order valence-corrected chi connectivity index (χ0v) is 7.30. The first-order valence-corrected chi connectivity index (χ1v) is 4.09. The van der Waals surface area contributed by atoms with Gasteiger partial charge < -0.3 is 5.11 Å². The Hall–Kier alpha value is -1.49. The number of fused-ring (bicyclic) bond motifs is 1. The predicted octanol–water partition coefficient (Wildman–Crippen LogP) is -0.0325. The van der Waals surface area contributed by atoms with Crippen LogP contribution in [-0.2, 0) is 6.42 Å². The summed E-state index contributed by atoms with van der Waals surface area (Å²) in [7, 11) is 0. The third-order valence-corrected chi connectivity index (χ3v) is 1.73. The average Bonchev–Trinajstić information content (AvgIpc) is 2.46. The highest BCUT2D eigenvalue weighted by atomic mass is 16.3. The van der Waals surface area contributed by atoms with Crippen LogP contribution in [0.3, 0.4) is 0 Å². The lowest BCUT2D eigenvalue weighted by molar-refractivity contribution is 0.296. The van der Waals surface area contributed by atoms with Gasteiger partial charge in [-0.1, -0.05) is 0 Å². The van der Waals surface area contributed by atoms with Gasteiger partial charge in [0, 0.05) is 18.3 Å². The predicted molar refractivity (Wildman–Crippen MR) is 46.3 cm³/mol. The largest absolute Gasteiger partial charge is 0.396 e. The Morgan fingerprint density at radius 2 is 2.31 bits per heavy atom. The average molecular weight is 178 g/mol. The summed E-state index contributed by atoms with van der Waals surface area (Å²) in [4.78, 5) is 8.33. The molecule has 0 atom stereocenters. The molecule has 5 nitrogen and oxygen atoms in total. The van der Waals surface area contributed by atoms with Gasteiger partial charge in [0.2, 0.25) is 0 Å². The van der Waals surface area contributed by atoms with E-state index >= 15 is 0 Å². The van der Waals surface area contributed by atoms with Crippen molar-refractivity contribution >= 4 is 5.78 Å². The minimum atomic E-state index is 0.0653. The molecule has 0 radical (unpaired) electrons. The van der Waals surface area contributed by atoms with Crippen LogP contribution < -0.4 is 0 Å². The quantitative estimate of drug-likeness (QED) is 0.701. The van der Waals surface area contributed by atoms with Gasteiger partial charge >= 0.3 is 0 Å². The van der Waals surface area contributed by atoms with Crippen LogP contribution in [0.25, 0.3) is 5.78 Å². The molecule has 0 aliphatic heterocycles. The fourth-order valence-corrected chi connectivity index (χ4v) is 1.11. The highest BCUT2D eigenvalue weighted by Crippen LogP contribution is 1.99. The summed E-state index contributed by atoms with van der Waals surface area (Å²) in [6.07, 6.45) is 2.29. The first kappa shape index (κ1) is 8.12. The topological polar surface area (TPSA) is 63.3 Å². The van der Waals surface area contributed by atoms with Crippen molar-refractivity contribution < 1.29 is 5.11 Å². The van der Waals surface area contributed by atoms with Crippen molar-refractivity contribution in [3.05, 3.63) is 23.8 Å². The van der Waals surface area contributed by atoms with Crippen LogP contribution in [0.4, 0.5) is 0 Å². The first-order valence-electron chi connectivity index (χ1n) is 4.09. The second-order valence-corrected chi connectivity index (χ2v) is 2.82. The highest BCUT2D eigenvalue weighted by molar-refractivity contribution is 5.27. The molecule has 0 saturated heterocycles. The summed E-state index contributed by atoms with van der Waals surface area (Å²) in [5, 5.41) is 12.8. The lowest BCUT2D eigenvalue weighted by atomic mass is 10.4. The van der Waals surface area contributed by atoms with E-state index in [1.807, 2.05) is 19.2 Å². The molecular weight excluding hydrogens is 168 g/mol. The molecule has 0 amide bonds. The van der Waals surface area contributed by atoms with Gasteiger partial charge in [-0.2, -0.15) is 4.98 Å². The third-order valence-electron chi connectivity index (χ3n) is 1.73. The van der Waals surface area contributed by atoms with E-state index in [0.717, 1.165) is 5.69 Å². The smallest absolute Gasteiger partial charge is 0.252 e. The Morgan fingerprint density at radius 1 is 1.46 bits per heavy atom. The van der Waals surface area contributed by atoms with Crippen molar-refractivity contribution in [2.24, 2.45) is 0 Å². The number of rotatable bonds is 2. The van der Waals surface area contributed by atoms with Crippen molar-refractivity contribution in [1.29, 1.82) is 0 Å². The number of nitrogens with zero attached hydrogens (tertiary/aromatic N) is 4. The summed E-state index contributed by atoms with van der Waals surface area (Å²) in [5.74, 6) is 1.21. The zero-order valence-electron chi connectivity index (χ0n) is 7.30. The molecule has 68 valence electrons. The Kier molecular flexibility index (Phi) is 1.94. The lowest BCUT2D eigenvalue weighted by Crippen LogP contribution is -1.93. The summed E-state index contributed by atoms with van der Waals surface area (Å²) >= 11 is 0. The lowest BCUT2D eigenvalue weighted by Gasteiger charge is -1.90. The van der Waals surface area contributed by atoms with E-state index in [1.165, 1.54) is 0 Å². The first-order chi connectivity index (χ1) is 6.29. The van der Waals surface area contributed by atoms with Crippen LogP contribution in [-0.4, -0.2) is 31.3 Å². The van der Waals surface area contributed by atoms with Crippen LogP contribution >= 0.6 is 0 Å². The summed E-state index contributed by atoms with van der Waals surface area (Å²) in [6, 6.07) is 1.87. The molecule has 0 bridgehead atoms. The molecule has 0 aliphatic carbocycles. The maximum atomic E-state index is 8.69. The molecule has 13 heavy (non-hydrogen) atoms. The van der Waals surface area contributed by atoms with E-state index in [9.17, 15) is 0 Å². The summed E-state index contributed by atoms with van der Waals surface area (Å²) in [6.45, 7) is 1.97. The Morgan fingerprint density at radius 3 is 3.08 bits per heavy atom. The van der Waals surface area contributed by atoms with Crippen LogP contribution in [0.2, 0.25) is 0 Å². The van der Waals surface area contributed by atoms with E-state index in [1.54, 1.807) is 4.52 Å². The number of aliphatic hydroxyl groups excluding tert-OH is 1. The Bertz CT molecular complexity index is 423. The molecular formula is C8H10N4O. The van der Waals surface area contributed by atoms with Crippen molar-refractivity contribution in [1.82, 2.24) is 19.6 Å². The Balaban J connectivity index is 2.49. The van der Waals surface area contributed by atoms with Gasteiger partial charge in [0.1, 0.15) is 0 Å². The fourth-order valence-electron chi connectivity index (χ4n) is 1.11. The molecule has 5 heteroatoms. The van der Waals surface area contributed by atoms with Gasteiger partial charge in [0.25, 0.3) is 5.78 Å². The number of aromatic nitrogens is 4. The van der Waals surface area contributed by atoms with Crippen molar-refractivity contribution in [2.45, 2.75) is 13.3 Å². The molecule has 1 N–H and O–H groups in total. The molecule has 0 saturated carbocycles. The number of hydrogen-bond donors (Lipinski definition) is 1. The molecule has 0 fully saturated rings. The fraction of sp³-hybridized carbons (Fsp3) is 0.375. The third kappa shape index (κ3) is 1.50. The van der Waals surface area contributed by atoms with Gasteiger partial charge in [-0.25, -0.2) is 9.50 Å². The maximum Gasteiger partial charge on any atom is 0.252 e. The van der Waals surface area contributed by atoms with Crippen LogP contribution in [0.15, 0.2) is 12.3 Å². The Labute approximate surface area is 75.1 Å². The normalized spacial score (nSPS) is 10.9. The molecule has 2 aromatic heterocycles. The number of aliphatic hydroxyl groups is 1. The van der Waals surface area contributed by atoms with Crippen molar-refractivity contribution in [2.75, 3.05) is 6.61 Å². The van der Waals surface area contributed by atoms with E-state index in [-0.39, 0.29) is 6.61 Å². The minimum absolute atomic E-state index is 0.0653. The van der Waals surface area contributed by atoms with Crippen molar-refractivity contribution in [3.63, 3.8) is 0 Å². The highest BCUT2D eigenvalue weighted by Gasteiger charge is 2.02. The molecule has 2 aromatic rings.